The second-order valence-electron chi connectivity index (χ2n) is 7.04. The summed E-state index contributed by atoms with van der Waals surface area (Å²) < 4.78 is 11.5. The minimum absolute atomic E-state index is 0.0442. The van der Waals surface area contributed by atoms with Crippen LogP contribution in [0.4, 0.5) is 4.79 Å². The van der Waals surface area contributed by atoms with Crippen LogP contribution in [0.3, 0.4) is 0 Å². The molecular formula is C20H29NO3. The van der Waals surface area contributed by atoms with Gasteiger partial charge in [-0.25, -0.2) is 4.79 Å². The summed E-state index contributed by atoms with van der Waals surface area (Å²) in [4.78, 5) is 14.1. The fourth-order valence-corrected chi connectivity index (χ4v) is 2.79. The maximum atomic E-state index is 12.3. The van der Waals surface area contributed by atoms with Crippen LogP contribution in [-0.2, 0) is 16.1 Å². The number of rotatable bonds is 3. The largest absolute Gasteiger partial charge is 0.444 e. The third-order valence-electron chi connectivity index (χ3n) is 3.94. The van der Waals surface area contributed by atoms with Gasteiger partial charge in [-0.1, -0.05) is 56.3 Å². The molecule has 1 spiro atoms. The molecule has 1 aliphatic carbocycles. The van der Waals surface area contributed by atoms with Crippen LogP contribution in [0.2, 0.25) is 0 Å². The first kappa shape index (κ1) is 18.5. The number of amides is 1. The smallest absolute Gasteiger partial charge is 0.411 e. The highest BCUT2D eigenvalue weighted by Gasteiger charge is 2.52. The average Bonchev–Trinajstić information content (AvgIpc) is 3.20. The Morgan fingerprint density at radius 1 is 1.21 bits per heavy atom. The Labute approximate surface area is 145 Å². The maximum Gasteiger partial charge on any atom is 0.411 e. The van der Waals surface area contributed by atoms with Crippen molar-refractivity contribution in [2.75, 3.05) is 6.54 Å². The van der Waals surface area contributed by atoms with E-state index >= 15 is 0 Å². The van der Waals surface area contributed by atoms with Crippen LogP contribution in [0.25, 0.3) is 0 Å². The van der Waals surface area contributed by atoms with Crippen molar-refractivity contribution < 1.29 is 14.3 Å². The molecule has 0 aromatic heterocycles. The SMILES string of the molecule is CC.CC(C)(C)OC(=O)N1CC(OCc2ccccc2)CC12C=C2. The van der Waals surface area contributed by atoms with Gasteiger partial charge in [-0.2, -0.15) is 0 Å². The van der Waals surface area contributed by atoms with Crippen LogP contribution >= 0.6 is 0 Å². The summed E-state index contributed by atoms with van der Waals surface area (Å²) in [7, 11) is 0. The van der Waals surface area contributed by atoms with Gasteiger partial charge in [0.2, 0.25) is 0 Å². The van der Waals surface area contributed by atoms with Crippen molar-refractivity contribution in [2.45, 2.75) is 64.9 Å². The fraction of sp³-hybridized carbons (Fsp3) is 0.550. The Bertz CT molecular complexity index is 568. The van der Waals surface area contributed by atoms with Crippen LogP contribution in [0.15, 0.2) is 42.5 Å². The van der Waals surface area contributed by atoms with E-state index in [1.807, 2.05) is 65.0 Å². The first-order valence-corrected chi connectivity index (χ1v) is 8.75. The zero-order valence-electron chi connectivity index (χ0n) is 15.4. The molecule has 0 radical (unpaired) electrons. The van der Waals surface area contributed by atoms with E-state index in [2.05, 4.69) is 12.2 Å². The topological polar surface area (TPSA) is 38.8 Å². The third-order valence-corrected chi connectivity index (χ3v) is 3.94. The lowest BCUT2D eigenvalue weighted by molar-refractivity contribution is 0.0149. The van der Waals surface area contributed by atoms with Crippen LogP contribution < -0.4 is 0 Å². The van der Waals surface area contributed by atoms with Gasteiger partial charge in [0.1, 0.15) is 5.60 Å². The molecule has 4 heteroatoms. The monoisotopic (exact) mass is 331 g/mol. The van der Waals surface area contributed by atoms with Crippen molar-refractivity contribution in [1.82, 2.24) is 4.90 Å². The van der Waals surface area contributed by atoms with E-state index in [4.69, 9.17) is 9.47 Å². The van der Waals surface area contributed by atoms with Crippen molar-refractivity contribution in [3.05, 3.63) is 48.0 Å². The van der Waals surface area contributed by atoms with E-state index < -0.39 is 5.60 Å². The Morgan fingerprint density at radius 2 is 1.83 bits per heavy atom. The maximum absolute atomic E-state index is 12.3. The molecule has 1 saturated heterocycles. The Kier molecular flexibility index (Phi) is 5.70. The first-order chi connectivity index (χ1) is 11.4. The molecule has 1 unspecified atom stereocenters. The quantitative estimate of drug-likeness (QED) is 0.763. The molecule has 1 fully saturated rings. The number of likely N-dealkylation sites (tertiary alicyclic amines) is 1. The van der Waals surface area contributed by atoms with Gasteiger partial charge in [0.15, 0.2) is 0 Å². The van der Waals surface area contributed by atoms with Crippen molar-refractivity contribution in [3.63, 3.8) is 0 Å². The van der Waals surface area contributed by atoms with Gasteiger partial charge in [0.25, 0.3) is 0 Å². The molecule has 1 heterocycles. The molecule has 0 saturated carbocycles. The van der Waals surface area contributed by atoms with Crippen molar-refractivity contribution in [2.24, 2.45) is 0 Å². The second-order valence-corrected chi connectivity index (χ2v) is 7.04. The van der Waals surface area contributed by atoms with Gasteiger partial charge in [-0.15, -0.1) is 0 Å². The molecule has 0 N–H and O–H groups in total. The lowest BCUT2D eigenvalue weighted by atomic mass is 10.1. The third kappa shape index (κ3) is 4.60. The summed E-state index contributed by atoms with van der Waals surface area (Å²) in [5.74, 6) is 0. The summed E-state index contributed by atoms with van der Waals surface area (Å²) in [5, 5.41) is 0. The lowest BCUT2D eigenvalue weighted by Gasteiger charge is -2.28. The summed E-state index contributed by atoms with van der Waals surface area (Å²) in [6.45, 7) is 10.8. The number of hydrogen-bond donors (Lipinski definition) is 0. The molecule has 4 nitrogen and oxygen atoms in total. The standard InChI is InChI=1S/C18H23NO3.C2H6/c1-17(2,3)22-16(20)19-12-15(11-18(19)9-10-18)21-13-14-7-5-4-6-8-14;1-2/h4-10,15H,11-13H2,1-3H3;1-2H3. The Balaban J connectivity index is 0.00000100. The normalized spacial score (nSPS) is 20.5. The molecule has 1 atom stereocenters. The van der Waals surface area contributed by atoms with Crippen molar-refractivity contribution >= 4 is 6.09 Å². The molecule has 0 bridgehead atoms. The molecular weight excluding hydrogens is 302 g/mol. The van der Waals surface area contributed by atoms with E-state index in [-0.39, 0.29) is 17.7 Å². The van der Waals surface area contributed by atoms with Gasteiger partial charge >= 0.3 is 6.09 Å². The molecule has 3 rings (SSSR count). The number of nitrogens with zero attached hydrogens (tertiary/aromatic N) is 1. The summed E-state index contributed by atoms with van der Waals surface area (Å²) in [6, 6.07) is 10.1. The minimum Gasteiger partial charge on any atom is -0.444 e. The fourth-order valence-electron chi connectivity index (χ4n) is 2.79. The highest BCUT2D eigenvalue weighted by atomic mass is 16.6. The average molecular weight is 331 g/mol. The number of ether oxygens (including phenoxy) is 2. The van der Waals surface area contributed by atoms with E-state index in [0.29, 0.717) is 13.2 Å². The van der Waals surface area contributed by atoms with E-state index in [1.54, 1.807) is 4.90 Å². The first-order valence-electron chi connectivity index (χ1n) is 8.75. The summed E-state index contributed by atoms with van der Waals surface area (Å²) in [6.07, 6.45) is 4.72. The van der Waals surface area contributed by atoms with Crippen LogP contribution in [-0.4, -0.2) is 34.8 Å². The number of carbonyl (C=O) groups excluding carboxylic acids is 1. The zero-order valence-corrected chi connectivity index (χ0v) is 15.4. The molecule has 1 aromatic carbocycles. The van der Waals surface area contributed by atoms with Crippen LogP contribution in [0.5, 0.6) is 0 Å². The predicted octanol–water partition coefficient (Wildman–Crippen LogP) is 4.55. The van der Waals surface area contributed by atoms with Gasteiger partial charge in [-0.05, 0) is 26.3 Å². The highest BCUT2D eigenvalue weighted by Crippen LogP contribution is 2.43. The molecule has 132 valence electrons. The molecule has 1 aromatic rings. The van der Waals surface area contributed by atoms with Crippen molar-refractivity contribution in [3.8, 4) is 0 Å². The van der Waals surface area contributed by atoms with E-state index in [0.717, 1.165) is 12.0 Å². The van der Waals surface area contributed by atoms with Gasteiger partial charge in [0, 0.05) is 6.42 Å². The predicted molar refractivity (Wildman–Crippen MR) is 95.8 cm³/mol. The molecule has 1 aliphatic heterocycles. The number of carbonyl (C=O) groups is 1. The van der Waals surface area contributed by atoms with Gasteiger partial charge in [0.05, 0.1) is 24.8 Å². The molecule has 2 aliphatic rings. The van der Waals surface area contributed by atoms with Gasteiger partial charge < -0.3 is 9.47 Å². The Hall–Kier alpha value is -1.81. The van der Waals surface area contributed by atoms with Gasteiger partial charge in [-0.3, -0.25) is 4.90 Å². The minimum atomic E-state index is -0.476. The van der Waals surface area contributed by atoms with Crippen LogP contribution in [0.1, 0.15) is 46.6 Å². The molecule has 24 heavy (non-hydrogen) atoms. The highest BCUT2D eigenvalue weighted by molar-refractivity contribution is 5.72. The number of hydrogen-bond acceptors (Lipinski definition) is 3. The van der Waals surface area contributed by atoms with E-state index in [1.165, 1.54) is 0 Å². The zero-order chi connectivity index (χ0) is 17.8. The lowest BCUT2D eigenvalue weighted by Crippen LogP contribution is -2.42. The second kappa shape index (κ2) is 7.39. The van der Waals surface area contributed by atoms with Crippen LogP contribution in [0, 0.1) is 0 Å². The Morgan fingerprint density at radius 3 is 2.38 bits per heavy atom. The van der Waals surface area contributed by atoms with E-state index in [9.17, 15) is 4.79 Å². The summed E-state index contributed by atoms with van der Waals surface area (Å²) >= 11 is 0. The number of benzene rings is 1. The van der Waals surface area contributed by atoms with Crippen molar-refractivity contribution in [1.29, 1.82) is 0 Å². The molecule has 1 amide bonds. The summed E-state index contributed by atoms with van der Waals surface area (Å²) in [5.41, 5.74) is 0.427.